The lowest BCUT2D eigenvalue weighted by Gasteiger charge is -2.06. The van der Waals surface area contributed by atoms with Crippen LogP contribution in [0.3, 0.4) is 0 Å². The van der Waals surface area contributed by atoms with E-state index in [1.54, 1.807) is 7.11 Å². The van der Waals surface area contributed by atoms with Crippen LogP contribution in [-0.2, 0) is 6.42 Å². The molecule has 1 aromatic heterocycles. The quantitative estimate of drug-likeness (QED) is 0.857. The maximum atomic E-state index is 5.13. The minimum atomic E-state index is 0.718. The zero-order chi connectivity index (χ0) is 13.0. The zero-order valence-corrected chi connectivity index (χ0v) is 12.4. The van der Waals surface area contributed by atoms with Crippen molar-refractivity contribution >= 4 is 28.4 Å². The van der Waals surface area contributed by atoms with Crippen molar-refractivity contribution in [2.24, 2.45) is 0 Å². The molecule has 0 radical (unpaired) electrons. The predicted octanol–water partition coefficient (Wildman–Crippen LogP) is 2.72. The van der Waals surface area contributed by atoms with Gasteiger partial charge in [0.15, 0.2) is 0 Å². The molecular weight excluding hydrogens is 341 g/mol. The summed E-state index contributed by atoms with van der Waals surface area (Å²) in [6.45, 7) is 0. The molecule has 0 unspecified atom stereocenters. The molecule has 0 atom stereocenters. The van der Waals surface area contributed by atoms with Gasteiger partial charge in [0.2, 0.25) is 0 Å². The van der Waals surface area contributed by atoms with Crippen LogP contribution in [0.25, 0.3) is 0 Å². The van der Waals surface area contributed by atoms with Crippen LogP contribution >= 0.6 is 22.6 Å². The van der Waals surface area contributed by atoms with Gasteiger partial charge in [-0.15, -0.1) is 0 Å². The van der Waals surface area contributed by atoms with E-state index in [0.29, 0.717) is 0 Å². The fourth-order valence-electron chi connectivity index (χ4n) is 1.59. The highest BCUT2D eigenvalue weighted by Gasteiger charge is 2.04. The third kappa shape index (κ3) is 3.10. The Balaban J connectivity index is 2.17. The third-order valence-electron chi connectivity index (χ3n) is 2.55. The Morgan fingerprint density at radius 2 is 2.00 bits per heavy atom. The summed E-state index contributed by atoms with van der Waals surface area (Å²) in [5.74, 6) is 2.54. The van der Waals surface area contributed by atoms with Crippen molar-refractivity contribution in [2.45, 2.75) is 6.42 Å². The lowest BCUT2D eigenvalue weighted by atomic mass is 10.1. The zero-order valence-electron chi connectivity index (χ0n) is 10.3. The van der Waals surface area contributed by atoms with Crippen LogP contribution in [0, 0.1) is 3.57 Å². The summed E-state index contributed by atoms with van der Waals surface area (Å²) < 4.78 is 6.15. The van der Waals surface area contributed by atoms with Gasteiger partial charge in [0.25, 0.3) is 0 Å². The van der Waals surface area contributed by atoms with Crippen LogP contribution < -0.4 is 10.1 Å². The molecule has 4 nitrogen and oxygen atoms in total. The van der Waals surface area contributed by atoms with Crippen molar-refractivity contribution in [3.8, 4) is 5.75 Å². The van der Waals surface area contributed by atoms with Crippen LogP contribution in [0.5, 0.6) is 5.75 Å². The third-order valence-corrected chi connectivity index (χ3v) is 3.34. The minimum Gasteiger partial charge on any atom is -0.497 e. The first-order valence-corrected chi connectivity index (χ1v) is 6.63. The van der Waals surface area contributed by atoms with Crippen molar-refractivity contribution in [1.29, 1.82) is 0 Å². The molecule has 94 valence electrons. The number of benzene rings is 1. The number of nitrogens with zero attached hydrogens (tertiary/aromatic N) is 2. The largest absolute Gasteiger partial charge is 0.497 e. The molecule has 5 heteroatoms. The minimum absolute atomic E-state index is 0.718. The van der Waals surface area contributed by atoms with Gasteiger partial charge in [-0.1, -0.05) is 12.1 Å². The number of rotatable bonds is 4. The van der Waals surface area contributed by atoms with Gasteiger partial charge >= 0.3 is 0 Å². The van der Waals surface area contributed by atoms with E-state index in [4.69, 9.17) is 4.74 Å². The Hall–Kier alpha value is -1.37. The molecule has 1 heterocycles. The fourth-order valence-corrected chi connectivity index (χ4v) is 2.12. The molecule has 0 saturated heterocycles. The first-order valence-electron chi connectivity index (χ1n) is 5.55. The van der Waals surface area contributed by atoms with Crippen molar-refractivity contribution in [3.63, 3.8) is 0 Å². The predicted molar refractivity (Wildman–Crippen MR) is 80.1 cm³/mol. The van der Waals surface area contributed by atoms with Gasteiger partial charge in [0.05, 0.1) is 10.7 Å². The highest BCUT2D eigenvalue weighted by molar-refractivity contribution is 14.1. The smallest absolute Gasteiger partial charge is 0.142 e. The lowest BCUT2D eigenvalue weighted by molar-refractivity contribution is 0.414. The molecule has 18 heavy (non-hydrogen) atoms. The Bertz CT molecular complexity index is 528. The summed E-state index contributed by atoms with van der Waals surface area (Å²) in [6, 6.07) is 7.94. The van der Waals surface area contributed by atoms with Gasteiger partial charge in [-0.3, -0.25) is 0 Å². The maximum absolute atomic E-state index is 5.13. The number of aromatic nitrogens is 2. The molecule has 0 saturated carbocycles. The number of methoxy groups -OCH3 is 1. The molecule has 2 aromatic rings. The molecule has 0 fully saturated rings. The average Bonchev–Trinajstić information content (AvgIpc) is 2.42. The highest BCUT2D eigenvalue weighted by Crippen LogP contribution is 2.16. The van der Waals surface area contributed by atoms with E-state index in [2.05, 4.69) is 37.9 Å². The molecule has 0 amide bonds. The van der Waals surface area contributed by atoms with E-state index in [-0.39, 0.29) is 0 Å². The van der Waals surface area contributed by atoms with Gasteiger partial charge in [-0.2, -0.15) is 0 Å². The monoisotopic (exact) mass is 355 g/mol. The van der Waals surface area contributed by atoms with Crippen molar-refractivity contribution in [3.05, 3.63) is 45.4 Å². The number of hydrogen-bond acceptors (Lipinski definition) is 4. The summed E-state index contributed by atoms with van der Waals surface area (Å²) in [7, 11) is 3.53. The van der Waals surface area contributed by atoms with Crippen LogP contribution in [0.15, 0.2) is 30.5 Å². The molecule has 0 spiro atoms. The number of ether oxygens (including phenoxy) is 1. The van der Waals surface area contributed by atoms with Crippen molar-refractivity contribution in [1.82, 2.24) is 9.97 Å². The van der Waals surface area contributed by atoms with E-state index in [1.807, 2.05) is 37.5 Å². The summed E-state index contributed by atoms with van der Waals surface area (Å²) in [6.07, 6.45) is 2.55. The second kappa shape index (κ2) is 5.99. The number of anilines is 1. The topological polar surface area (TPSA) is 47.0 Å². The summed E-state index contributed by atoms with van der Waals surface area (Å²) in [5.41, 5.74) is 1.17. The summed E-state index contributed by atoms with van der Waals surface area (Å²) in [4.78, 5) is 8.80. The number of hydrogen-bond donors (Lipinski definition) is 1. The molecule has 0 aliphatic carbocycles. The second-order valence-corrected chi connectivity index (χ2v) is 4.92. The van der Waals surface area contributed by atoms with Crippen LogP contribution in [0.4, 0.5) is 5.82 Å². The van der Waals surface area contributed by atoms with E-state index in [9.17, 15) is 0 Å². The fraction of sp³-hybridized carbons (Fsp3) is 0.231. The normalized spacial score (nSPS) is 10.2. The van der Waals surface area contributed by atoms with E-state index in [1.165, 1.54) is 5.56 Å². The summed E-state index contributed by atoms with van der Waals surface area (Å²) in [5, 5.41) is 3.06. The van der Waals surface area contributed by atoms with Crippen LogP contribution in [0.2, 0.25) is 0 Å². The second-order valence-electron chi connectivity index (χ2n) is 3.76. The molecular formula is C13H14IN3O. The first-order chi connectivity index (χ1) is 8.72. The summed E-state index contributed by atoms with van der Waals surface area (Å²) >= 11 is 2.21. The van der Waals surface area contributed by atoms with E-state index >= 15 is 0 Å². The maximum Gasteiger partial charge on any atom is 0.142 e. The van der Waals surface area contributed by atoms with Gasteiger partial charge in [0, 0.05) is 19.7 Å². The molecule has 1 N–H and O–H groups in total. The standard InChI is InChI=1S/C13H14IN3O/c1-15-13-11(14)8-16-12(17-13)7-9-3-5-10(18-2)6-4-9/h3-6,8H,7H2,1-2H3,(H,15,16,17). The van der Waals surface area contributed by atoms with Gasteiger partial charge < -0.3 is 10.1 Å². The first kappa shape index (κ1) is 13.1. The Morgan fingerprint density at radius 1 is 1.28 bits per heavy atom. The van der Waals surface area contributed by atoms with Crippen LogP contribution in [-0.4, -0.2) is 24.1 Å². The molecule has 0 aliphatic heterocycles. The van der Waals surface area contributed by atoms with Crippen molar-refractivity contribution < 1.29 is 4.74 Å². The van der Waals surface area contributed by atoms with Gasteiger partial charge in [-0.25, -0.2) is 9.97 Å². The Kier molecular flexibility index (Phi) is 4.35. The molecule has 1 aromatic carbocycles. The Morgan fingerprint density at radius 3 is 2.61 bits per heavy atom. The van der Waals surface area contributed by atoms with Crippen LogP contribution in [0.1, 0.15) is 11.4 Å². The SMILES string of the molecule is CNc1nc(Cc2ccc(OC)cc2)ncc1I. The van der Waals surface area contributed by atoms with E-state index < -0.39 is 0 Å². The average molecular weight is 355 g/mol. The van der Waals surface area contributed by atoms with E-state index in [0.717, 1.165) is 27.4 Å². The Labute approximate surface area is 120 Å². The van der Waals surface area contributed by atoms with Gasteiger partial charge in [0.1, 0.15) is 17.4 Å². The number of halogens is 1. The number of nitrogens with one attached hydrogen (secondary N) is 1. The lowest BCUT2D eigenvalue weighted by Crippen LogP contribution is -2.02. The molecule has 0 bridgehead atoms. The highest BCUT2D eigenvalue weighted by atomic mass is 127. The van der Waals surface area contributed by atoms with Gasteiger partial charge in [-0.05, 0) is 40.3 Å². The molecule has 2 rings (SSSR count). The van der Waals surface area contributed by atoms with Crippen molar-refractivity contribution in [2.75, 3.05) is 19.5 Å². The molecule has 0 aliphatic rings.